The van der Waals surface area contributed by atoms with Crippen LogP contribution in [0.4, 0.5) is 0 Å². The molecule has 0 bridgehead atoms. The molecular formula is C14H37O8P5. The van der Waals surface area contributed by atoms with Gasteiger partial charge in [0.25, 0.3) is 0 Å². The topological polar surface area (TPSA) is 104 Å². The summed E-state index contributed by atoms with van der Waals surface area (Å²) in [5.41, 5.74) is -1.51. The fourth-order valence-corrected chi connectivity index (χ4v) is 3.79. The molecule has 7 unspecified atom stereocenters. The van der Waals surface area contributed by atoms with E-state index in [2.05, 4.69) is 27.3 Å². The molecule has 0 aromatic heterocycles. The third kappa shape index (κ3) is 14.1. The normalized spacial score (nSPS) is 21.8. The van der Waals surface area contributed by atoms with Gasteiger partial charge >= 0.3 is 5.97 Å². The highest BCUT2D eigenvalue weighted by Crippen LogP contribution is 2.31. The second-order valence-corrected chi connectivity index (χ2v) is 8.56. The lowest BCUT2D eigenvalue weighted by Crippen LogP contribution is -2.38. The van der Waals surface area contributed by atoms with Gasteiger partial charge in [0.2, 0.25) is 0 Å². The summed E-state index contributed by atoms with van der Waals surface area (Å²) < 4.78 is 25.4. The minimum atomic E-state index is -0.978. The van der Waals surface area contributed by atoms with E-state index in [0.717, 1.165) is 0 Å². The summed E-state index contributed by atoms with van der Waals surface area (Å²) in [5, 5.41) is 18.5. The first-order valence-electron chi connectivity index (χ1n) is 7.91. The molecule has 0 aromatic rings. The standard InChI is InChI=1S/C7H14O4P2.C6H17O4P3.CH4.H2/c1-9-4-7(5-10-13-12)3-2-6(8)11-7;7-3-1-2-6(8,4-9-11)5-10-13-12;;/h13H,2-5,12H2,1H3;7-8,13H,1-5,11-12H2;1H4;1H/i;;;1+1. The first-order chi connectivity index (χ1) is 12.4. The van der Waals surface area contributed by atoms with E-state index in [4.69, 9.17) is 28.2 Å². The van der Waals surface area contributed by atoms with Crippen molar-refractivity contribution in [2.45, 2.75) is 44.3 Å². The van der Waals surface area contributed by atoms with Crippen LogP contribution in [0.1, 0.15) is 34.5 Å². The maximum atomic E-state index is 11.0. The number of aliphatic hydroxyl groups is 2. The Morgan fingerprint density at radius 1 is 1.30 bits per heavy atom. The van der Waals surface area contributed by atoms with E-state index in [1.807, 2.05) is 0 Å². The van der Waals surface area contributed by atoms with Crippen molar-refractivity contribution in [3.63, 3.8) is 0 Å². The number of cyclic esters (lactones) is 1. The molecule has 166 valence electrons. The van der Waals surface area contributed by atoms with Gasteiger partial charge in [0, 0.05) is 54.4 Å². The highest BCUT2D eigenvalue weighted by molar-refractivity contribution is 8.00. The highest BCUT2D eigenvalue weighted by Gasteiger charge is 2.40. The lowest BCUT2D eigenvalue weighted by atomic mass is 10.0. The van der Waals surface area contributed by atoms with Gasteiger partial charge in [-0.1, -0.05) is 25.3 Å². The van der Waals surface area contributed by atoms with Gasteiger partial charge in [0.05, 0.1) is 26.4 Å². The molecule has 0 saturated carbocycles. The Bertz CT molecular complexity index is 378. The number of carbonyl (C=O) groups is 1. The molecule has 8 nitrogen and oxygen atoms in total. The molecule has 0 aliphatic carbocycles. The van der Waals surface area contributed by atoms with Gasteiger partial charge in [0.1, 0.15) is 5.60 Å². The predicted molar refractivity (Wildman–Crippen MR) is 124 cm³/mol. The summed E-state index contributed by atoms with van der Waals surface area (Å²) >= 11 is 0. The van der Waals surface area contributed by atoms with Gasteiger partial charge in [-0.2, -0.15) is 0 Å². The first kappa shape index (κ1) is 30.6. The Balaban J connectivity index is -0.000000417. The largest absolute Gasteiger partial charge is 0.454 e. The molecule has 1 saturated heterocycles. The summed E-state index contributed by atoms with van der Waals surface area (Å²) in [6.07, 6.45) is 2.18. The number of rotatable bonds is 13. The number of esters is 1. The third-order valence-electron chi connectivity index (χ3n) is 3.52. The summed E-state index contributed by atoms with van der Waals surface area (Å²) in [7, 11) is 9.22. The van der Waals surface area contributed by atoms with Gasteiger partial charge in [-0.15, -0.1) is 0 Å². The predicted octanol–water partition coefficient (Wildman–Crippen LogP) is 2.69. The van der Waals surface area contributed by atoms with Crippen molar-refractivity contribution in [1.82, 2.24) is 0 Å². The number of carbonyl (C=O) groups excluding carboxylic acids is 1. The van der Waals surface area contributed by atoms with Crippen LogP contribution < -0.4 is 0 Å². The third-order valence-corrected chi connectivity index (χ3v) is 5.31. The number of aliphatic hydroxyl groups excluding tert-OH is 1. The molecule has 7 atom stereocenters. The van der Waals surface area contributed by atoms with Gasteiger partial charge < -0.3 is 33.3 Å². The fraction of sp³-hybridized carbons (Fsp3) is 0.929. The second kappa shape index (κ2) is 18.2. The Labute approximate surface area is 174 Å². The quantitative estimate of drug-likeness (QED) is 0.301. The number of ether oxygens (including phenoxy) is 2. The zero-order valence-corrected chi connectivity index (χ0v) is 20.4. The minimum Gasteiger partial charge on any atom is -0.454 e. The second-order valence-electron chi connectivity index (χ2n) is 5.77. The Kier molecular flexibility index (Phi) is 20.6. The van der Waals surface area contributed by atoms with Crippen molar-refractivity contribution < 1.29 is 39.5 Å². The number of hydrogen-bond donors (Lipinski definition) is 2. The lowest BCUT2D eigenvalue weighted by molar-refractivity contribution is -0.155. The molecule has 13 heteroatoms. The molecule has 1 rings (SSSR count). The van der Waals surface area contributed by atoms with Gasteiger partial charge in [-0.3, -0.25) is 4.79 Å². The molecule has 0 radical (unpaired) electrons. The van der Waals surface area contributed by atoms with Crippen LogP contribution in [0.25, 0.3) is 0 Å². The van der Waals surface area contributed by atoms with Crippen LogP contribution in [0.15, 0.2) is 0 Å². The van der Waals surface area contributed by atoms with Crippen molar-refractivity contribution in [2.75, 3.05) is 40.1 Å². The Morgan fingerprint density at radius 3 is 2.41 bits per heavy atom. The molecule has 0 aromatic carbocycles. The van der Waals surface area contributed by atoms with Crippen LogP contribution >= 0.6 is 44.3 Å². The molecule has 1 heterocycles. The fourth-order valence-electron chi connectivity index (χ4n) is 2.28. The molecule has 0 amide bonds. The van der Waals surface area contributed by atoms with Crippen LogP contribution in [0.5, 0.6) is 0 Å². The van der Waals surface area contributed by atoms with E-state index in [1.165, 1.54) is 0 Å². The van der Waals surface area contributed by atoms with E-state index in [-0.39, 0.29) is 43.1 Å². The summed E-state index contributed by atoms with van der Waals surface area (Å²) in [6, 6.07) is 0. The van der Waals surface area contributed by atoms with E-state index < -0.39 is 11.2 Å². The summed E-state index contributed by atoms with van der Waals surface area (Å²) in [5.74, 6) is -0.160. The monoisotopic (exact) mass is 489 g/mol. The molecular weight excluding hydrogens is 451 g/mol. The molecule has 27 heavy (non-hydrogen) atoms. The maximum absolute atomic E-state index is 11.0. The van der Waals surface area contributed by atoms with Crippen molar-refractivity contribution in [2.24, 2.45) is 0 Å². The van der Waals surface area contributed by atoms with E-state index >= 15 is 0 Å². The van der Waals surface area contributed by atoms with E-state index in [1.54, 1.807) is 7.11 Å². The molecule has 0 spiro atoms. The first-order valence-corrected chi connectivity index (χ1v) is 13.8. The van der Waals surface area contributed by atoms with Crippen molar-refractivity contribution in [3.05, 3.63) is 0 Å². The SMILES string of the molecule is C.COCC1(COPP)CCC(=O)O1.OCCCC(O)(COP)COPP.[2HH]. The maximum Gasteiger partial charge on any atom is 0.306 e. The molecule has 1 fully saturated rings. The Morgan fingerprint density at radius 2 is 1.96 bits per heavy atom. The van der Waals surface area contributed by atoms with Gasteiger partial charge in [-0.25, -0.2) is 0 Å². The highest BCUT2D eigenvalue weighted by atomic mass is 32.0. The molecule has 2 N–H and O–H groups in total. The van der Waals surface area contributed by atoms with Crippen LogP contribution in [-0.2, 0) is 27.8 Å². The van der Waals surface area contributed by atoms with Crippen LogP contribution in [0.2, 0.25) is 0 Å². The summed E-state index contributed by atoms with van der Waals surface area (Å²) in [4.78, 5) is 11.0. The van der Waals surface area contributed by atoms with Crippen molar-refractivity contribution in [1.29, 1.82) is 0 Å². The average Bonchev–Trinajstić information content (AvgIpc) is 2.99. The molecule has 1 aliphatic heterocycles. The van der Waals surface area contributed by atoms with Crippen LogP contribution in [-0.4, -0.2) is 67.5 Å². The number of hydrogen-bond acceptors (Lipinski definition) is 8. The zero-order chi connectivity index (χ0) is 19.9. The molecule has 1 aliphatic rings. The zero-order valence-electron chi connectivity index (χ0n) is 14.9. The van der Waals surface area contributed by atoms with Gasteiger partial charge in [-0.05, 0) is 12.8 Å². The van der Waals surface area contributed by atoms with Crippen molar-refractivity contribution in [3.8, 4) is 0 Å². The smallest absolute Gasteiger partial charge is 0.306 e. The van der Waals surface area contributed by atoms with Crippen LogP contribution in [0.3, 0.4) is 0 Å². The Hall–Kier alpha value is 1.38. The lowest BCUT2D eigenvalue weighted by Gasteiger charge is -2.26. The summed E-state index contributed by atoms with van der Waals surface area (Å²) in [6.45, 7) is 1.35. The average molecular weight is 489 g/mol. The van der Waals surface area contributed by atoms with Gasteiger partial charge in [0.15, 0.2) is 5.60 Å². The van der Waals surface area contributed by atoms with E-state index in [9.17, 15) is 9.90 Å². The minimum absolute atomic E-state index is 0. The van der Waals surface area contributed by atoms with Crippen LogP contribution in [0, 0.1) is 0 Å². The van der Waals surface area contributed by atoms with Crippen molar-refractivity contribution >= 4 is 50.3 Å². The number of methoxy groups -OCH3 is 1. The van der Waals surface area contributed by atoms with E-state index in [0.29, 0.717) is 47.4 Å².